The summed E-state index contributed by atoms with van der Waals surface area (Å²) < 4.78 is 5.46. The third-order valence-electron chi connectivity index (χ3n) is 4.78. The molecule has 2 aromatic rings. The van der Waals surface area contributed by atoms with E-state index in [2.05, 4.69) is 16.7 Å². The molecule has 6 heteroatoms. The Morgan fingerprint density at radius 2 is 2.31 bits per heavy atom. The van der Waals surface area contributed by atoms with Crippen molar-refractivity contribution in [2.45, 2.75) is 39.2 Å². The van der Waals surface area contributed by atoms with Gasteiger partial charge < -0.3 is 15.4 Å². The number of hydrogen-bond donors (Lipinski definition) is 2. The van der Waals surface area contributed by atoms with E-state index in [-0.39, 0.29) is 11.8 Å². The van der Waals surface area contributed by atoms with Crippen LogP contribution in [0.1, 0.15) is 46.4 Å². The van der Waals surface area contributed by atoms with Crippen LogP contribution in [0.4, 0.5) is 5.00 Å². The number of aryl methyl sites for hydroxylation is 1. The monoisotopic (exact) mass is 369 g/mol. The van der Waals surface area contributed by atoms with E-state index < -0.39 is 0 Å². The summed E-state index contributed by atoms with van der Waals surface area (Å²) in [5.41, 5.74) is 3.88. The molecule has 0 spiro atoms. The van der Waals surface area contributed by atoms with Crippen molar-refractivity contribution in [3.8, 4) is 11.8 Å². The van der Waals surface area contributed by atoms with Crippen molar-refractivity contribution in [2.24, 2.45) is 0 Å². The van der Waals surface area contributed by atoms with Crippen LogP contribution in [-0.2, 0) is 17.8 Å². The highest BCUT2D eigenvalue weighted by Crippen LogP contribution is 2.36. The first kappa shape index (κ1) is 18.4. The Bertz CT molecular complexity index is 867. The second-order valence-electron chi connectivity index (χ2n) is 6.59. The minimum Gasteiger partial charge on any atom is -0.496 e. The van der Waals surface area contributed by atoms with Crippen molar-refractivity contribution >= 4 is 22.2 Å². The number of carbonyl (C=O) groups is 1. The maximum absolute atomic E-state index is 12.6. The molecule has 136 valence electrons. The lowest BCUT2D eigenvalue weighted by molar-refractivity contribution is -0.116. The first-order valence-electron chi connectivity index (χ1n) is 8.73. The first-order chi connectivity index (χ1) is 12.5. The summed E-state index contributed by atoms with van der Waals surface area (Å²) in [5.74, 6) is 0.750. The molecular formula is C20H23N3O2S. The predicted molar refractivity (Wildman–Crippen MR) is 104 cm³/mol. The Labute approximate surface area is 158 Å². The van der Waals surface area contributed by atoms with Crippen LogP contribution >= 0.6 is 11.3 Å². The minimum absolute atomic E-state index is 0.0212. The van der Waals surface area contributed by atoms with Gasteiger partial charge in [0.05, 0.1) is 12.7 Å². The largest absolute Gasteiger partial charge is 0.496 e. The Balaban J connectivity index is 1.76. The Morgan fingerprint density at radius 3 is 3.04 bits per heavy atom. The topological polar surface area (TPSA) is 74.1 Å². The summed E-state index contributed by atoms with van der Waals surface area (Å²) >= 11 is 1.51. The third-order valence-corrected chi connectivity index (χ3v) is 5.93. The molecule has 1 aliphatic heterocycles. The molecule has 0 fully saturated rings. The smallest absolute Gasteiger partial charge is 0.225 e. The first-order valence-corrected chi connectivity index (χ1v) is 9.55. The van der Waals surface area contributed by atoms with Crippen LogP contribution in [0.5, 0.6) is 5.75 Å². The molecule has 26 heavy (non-hydrogen) atoms. The SMILES string of the molecule is COc1cccc(C)c1[C@@H](C)CC(=O)Nc1sc2c(c1C#N)CCNC2. The molecule has 0 bridgehead atoms. The van der Waals surface area contributed by atoms with Gasteiger partial charge in [0.15, 0.2) is 0 Å². The third kappa shape index (κ3) is 3.59. The average Bonchev–Trinajstić information content (AvgIpc) is 2.97. The minimum atomic E-state index is -0.0779. The number of anilines is 1. The van der Waals surface area contributed by atoms with Crippen molar-refractivity contribution in [1.29, 1.82) is 5.26 Å². The predicted octanol–water partition coefficient (Wildman–Crippen LogP) is 3.71. The summed E-state index contributed by atoms with van der Waals surface area (Å²) in [6.07, 6.45) is 1.17. The summed E-state index contributed by atoms with van der Waals surface area (Å²) in [6.45, 7) is 5.69. The summed E-state index contributed by atoms with van der Waals surface area (Å²) in [6, 6.07) is 8.17. The number of nitrogens with one attached hydrogen (secondary N) is 2. The number of nitriles is 1. The van der Waals surface area contributed by atoms with Gasteiger partial charge in [-0.3, -0.25) is 4.79 Å². The Morgan fingerprint density at radius 1 is 1.50 bits per heavy atom. The maximum atomic E-state index is 12.6. The van der Waals surface area contributed by atoms with Gasteiger partial charge in [0.25, 0.3) is 0 Å². The van der Waals surface area contributed by atoms with Gasteiger partial charge in [0, 0.05) is 23.4 Å². The molecule has 0 unspecified atom stereocenters. The van der Waals surface area contributed by atoms with Gasteiger partial charge in [0.1, 0.15) is 16.8 Å². The molecule has 0 saturated carbocycles. The van der Waals surface area contributed by atoms with Crippen LogP contribution in [0.3, 0.4) is 0 Å². The summed E-state index contributed by atoms with van der Waals surface area (Å²) in [7, 11) is 1.65. The van der Waals surface area contributed by atoms with Crippen LogP contribution in [0, 0.1) is 18.3 Å². The Kier molecular flexibility index (Phi) is 5.60. The fourth-order valence-corrected chi connectivity index (χ4v) is 4.75. The zero-order chi connectivity index (χ0) is 18.7. The van der Waals surface area contributed by atoms with E-state index in [1.165, 1.54) is 11.3 Å². The molecule has 1 aromatic carbocycles. The number of rotatable bonds is 5. The molecule has 1 aromatic heterocycles. The number of fused-ring (bicyclic) bond motifs is 1. The molecule has 0 saturated heterocycles. The van der Waals surface area contributed by atoms with Crippen molar-refractivity contribution < 1.29 is 9.53 Å². The normalized spacial score (nSPS) is 14.2. The molecule has 2 heterocycles. The average molecular weight is 369 g/mol. The van der Waals surface area contributed by atoms with Crippen LogP contribution in [-0.4, -0.2) is 19.6 Å². The lowest BCUT2D eigenvalue weighted by atomic mass is 9.92. The molecule has 0 radical (unpaired) electrons. The quantitative estimate of drug-likeness (QED) is 0.842. The maximum Gasteiger partial charge on any atom is 0.225 e. The van der Waals surface area contributed by atoms with E-state index in [9.17, 15) is 10.1 Å². The van der Waals surface area contributed by atoms with Gasteiger partial charge in [0.2, 0.25) is 5.91 Å². The van der Waals surface area contributed by atoms with Gasteiger partial charge in [-0.25, -0.2) is 0 Å². The van der Waals surface area contributed by atoms with Gasteiger partial charge in [-0.1, -0.05) is 19.1 Å². The van der Waals surface area contributed by atoms with E-state index in [4.69, 9.17) is 4.74 Å². The van der Waals surface area contributed by atoms with Gasteiger partial charge in [-0.05, 0) is 43.0 Å². The van der Waals surface area contributed by atoms with E-state index in [0.29, 0.717) is 17.0 Å². The van der Waals surface area contributed by atoms with Gasteiger partial charge in [-0.2, -0.15) is 5.26 Å². The van der Waals surface area contributed by atoms with Crippen LogP contribution < -0.4 is 15.4 Å². The highest BCUT2D eigenvalue weighted by atomic mass is 32.1. The van der Waals surface area contributed by atoms with Crippen LogP contribution in [0.25, 0.3) is 0 Å². The second kappa shape index (κ2) is 7.90. The fraction of sp³-hybridized carbons (Fsp3) is 0.400. The van der Waals surface area contributed by atoms with E-state index in [1.54, 1.807) is 7.11 Å². The zero-order valence-electron chi connectivity index (χ0n) is 15.3. The molecule has 1 atom stereocenters. The molecule has 1 amide bonds. The number of thiophene rings is 1. The van der Waals surface area contributed by atoms with Gasteiger partial charge in [-0.15, -0.1) is 11.3 Å². The van der Waals surface area contributed by atoms with Crippen molar-refractivity contribution in [3.63, 3.8) is 0 Å². The highest BCUT2D eigenvalue weighted by Gasteiger charge is 2.23. The molecular weight excluding hydrogens is 346 g/mol. The number of amides is 1. The van der Waals surface area contributed by atoms with Crippen LogP contribution in [0.2, 0.25) is 0 Å². The van der Waals surface area contributed by atoms with Crippen molar-refractivity contribution in [2.75, 3.05) is 19.0 Å². The van der Waals surface area contributed by atoms with Crippen LogP contribution in [0.15, 0.2) is 18.2 Å². The molecule has 3 rings (SSSR count). The Hall–Kier alpha value is -2.36. The number of nitrogens with zero attached hydrogens (tertiary/aromatic N) is 1. The number of ether oxygens (including phenoxy) is 1. The highest BCUT2D eigenvalue weighted by molar-refractivity contribution is 7.16. The molecule has 2 N–H and O–H groups in total. The van der Waals surface area contributed by atoms with E-state index in [0.717, 1.165) is 46.8 Å². The lowest BCUT2D eigenvalue weighted by Crippen LogP contribution is -2.22. The molecule has 1 aliphatic rings. The summed E-state index contributed by atoms with van der Waals surface area (Å²) in [4.78, 5) is 13.8. The van der Waals surface area contributed by atoms with Gasteiger partial charge >= 0.3 is 0 Å². The standard InChI is InChI=1S/C20H23N3O2S/c1-12-5-4-6-16(25-3)19(12)13(2)9-18(24)23-20-15(10-21)14-7-8-22-11-17(14)26-20/h4-6,13,22H,7-9,11H2,1-3H3,(H,23,24)/t13-/m0/s1. The zero-order valence-corrected chi connectivity index (χ0v) is 16.1. The molecule has 5 nitrogen and oxygen atoms in total. The number of benzene rings is 1. The number of carbonyl (C=O) groups excluding carboxylic acids is 1. The molecule has 0 aliphatic carbocycles. The van der Waals surface area contributed by atoms with Crippen molar-refractivity contribution in [1.82, 2.24) is 5.32 Å². The number of methoxy groups -OCH3 is 1. The fourth-order valence-electron chi connectivity index (χ4n) is 3.56. The number of hydrogen-bond acceptors (Lipinski definition) is 5. The summed E-state index contributed by atoms with van der Waals surface area (Å²) in [5, 5.41) is 16.5. The van der Waals surface area contributed by atoms with E-state index >= 15 is 0 Å². The van der Waals surface area contributed by atoms with E-state index in [1.807, 2.05) is 32.0 Å². The lowest BCUT2D eigenvalue weighted by Gasteiger charge is -2.18. The second-order valence-corrected chi connectivity index (χ2v) is 7.70. The van der Waals surface area contributed by atoms with Crippen molar-refractivity contribution in [3.05, 3.63) is 45.3 Å².